The summed E-state index contributed by atoms with van der Waals surface area (Å²) in [5.41, 5.74) is 30.8. The fourth-order valence-electron chi connectivity index (χ4n) is 21.9. The summed E-state index contributed by atoms with van der Waals surface area (Å²) in [5.74, 6) is 5.79. The lowest BCUT2D eigenvalue weighted by molar-refractivity contribution is 1.06. The highest BCUT2D eigenvalue weighted by molar-refractivity contribution is 6.33. The van der Waals surface area contributed by atoms with E-state index in [4.69, 9.17) is 44.9 Å². The fourth-order valence-corrected chi connectivity index (χ4v) is 21.9. The van der Waals surface area contributed by atoms with Crippen molar-refractivity contribution < 1.29 is 0 Å². The van der Waals surface area contributed by atoms with Gasteiger partial charge in [-0.3, -0.25) is 0 Å². The normalized spacial score (nSPS) is 11.7. The number of benzene rings is 21. The van der Waals surface area contributed by atoms with Gasteiger partial charge in [0.2, 0.25) is 0 Å². The lowest BCUT2D eigenvalue weighted by Crippen LogP contribution is -2.03. The van der Waals surface area contributed by atoms with Gasteiger partial charge in [-0.1, -0.05) is 413 Å². The van der Waals surface area contributed by atoms with E-state index in [0.717, 1.165) is 94.7 Å². The van der Waals surface area contributed by atoms with Crippen LogP contribution in [0.2, 0.25) is 0 Å². The first-order valence-corrected chi connectivity index (χ1v) is 49.2. The molecule has 0 saturated heterocycles. The van der Waals surface area contributed by atoms with Crippen molar-refractivity contribution in [3.05, 3.63) is 504 Å². The Morgan fingerprint density at radius 3 is 1.06 bits per heavy atom. The second-order valence-corrected chi connectivity index (χ2v) is 37.0. The summed E-state index contributed by atoms with van der Waals surface area (Å²) >= 11 is 0. The maximum Gasteiger partial charge on any atom is 0.166 e. The zero-order valence-corrected chi connectivity index (χ0v) is 78.7. The molecule has 0 bridgehead atoms. The van der Waals surface area contributed by atoms with E-state index in [1.807, 2.05) is 182 Å². The number of hydrogen-bond donors (Lipinski definition) is 0. The Bertz CT molecular complexity index is 10000. The maximum atomic E-state index is 5.12. The minimum atomic E-state index is 0.632. The number of hydrogen-bond acceptors (Lipinski definition) is 9. The molecule has 13 nitrogen and oxygen atoms in total. The van der Waals surface area contributed by atoms with Gasteiger partial charge in [0.25, 0.3) is 0 Å². The number of fused-ring (bicyclic) bond motifs is 11. The van der Waals surface area contributed by atoms with Crippen LogP contribution in [0.1, 0.15) is 0 Å². The van der Waals surface area contributed by atoms with Crippen LogP contribution < -0.4 is 0 Å². The van der Waals surface area contributed by atoms with E-state index in [2.05, 4.69) is 340 Å². The maximum absolute atomic E-state index is 5.12. The zero-order chi connectivity index (χ0) is 96.2. The van der Waals surface area contributed by atoms with Gasteiger partial charge in [-0.05, 0) is 151 Å². The van der Waals surface area contributed by atoms with Gasteiger partial charge in [0, 0.05) is 116 Å². The van der Waals surface area contributed by atoms with Gasteiger partial charge in [0.15, 0.2) is 52.4 Å². The third-order valence-corrected chi connectivity index (χ3v) is 28.5. The summed E-state index contributed by atoms with van der Waals surface area (Å²) in [4.78, 5) is 45.2. The van der Waals surface area contributed by atoms with E-state index in [1.165, 1.54) is 131 Å². The van der Waals surface area contributed by atoms with Gasteiger partial charge in [0.05, 0.1) is 49.8 Å². The highest BCUT2D eigenvalue weighted by Crippen LogP contribution is 2.52. The molecule has 0 atom stereocenters. The van der Waals surface area contributed by atoms with Crippen molar-refractivity contribution in [3.8, 4) is 164 Å². The molecule has 30 rings (SSSR count). The minimum Gasteiger partial charge on any atom is -0.315 e. The summed E-state index contributed by atoms with van der Waals surface area (Å²) in [7, 11) is 0. The van der Waals surface area contributed by atoms with Crippen LogP contribution in [0.25, 0.3) is 278 Å². The zero-order valence-electron chi connectivity index (χ0n) is 78.7. The second kappa shape index (κ2) is 35.2. The molecule has 1 aliphatic carbocycles. The summed E-state index contributed by atoms with van der Waals surface area (Å²) in [6.07, 6.45) is 2.21. The molecule has 29 aromatic rings. The summed E-state index contributed by atoms with van der Waals surface area (Å²) < 4.78 is 9.60. The van der Waals surface area contributed by atoms with E-state index in [1.54, 1.807) is 0 Å². The average molecular weight is 1860 g/mol. The second-order valence-electron chi connectivity index (χ2n) is 37.0. The first-order chi connectivity index (χ1) is 72.4. The first kappa shape index (κ1) is 84.2. The quantitative estimate of drug-likeness (QED) is 0.104. The van der Waals surface area contributed by atoms with Gasteiger partial charge in [-0.15, -0.1) is 0 Å². The molecule has 680 valence electrons. The molecule has 1 aliphatic rings. The van der Waals surface area contributed by atoms with E-state index in [0.29, 0.717) is 52.4 Å². The molecule has 0 unspecified atom stereocenters. The monoisotopic (exact) mass is 1860 g/mol. The van der Waals surface area contributed by atoms with Gasteiger partial charge in [0.1, 0.15) is 0 Å². The third-order valence-electron chi connectivity index (χ3n) is 28.5. The van der Waals surface area contributed by atoms with E-state index in [-0.39, 0.29) is 0 Å². The molecular weight excluding hydrogens is 1780 g/mol. The van der Waals surface area contributed by atoms with Crippen LogP contribution in [0.5, 0.6) is 0 Å². The minimum absolute atomic E-state index is 0.632. The molecule has 8 heterocycles. The van der Waals surface area contributed by atoms with Crippen LogP contribution in [-0.4, -0.2) is 63.0 Å². The average Bonchev–Trinajstić information content (AvgIpc) is 1.53. The van der Waals surface area contributed by atoms with Crippen molar-refractivity contribution in [2.75, 3.05) is 0 Å². The molecule has 0 amide bonds. The van der Waals surface area contributed by atoms with Gasteiger partial charge in [-0.25, -0.2) is 44.9 Å². The SMILES string of the molecule is c1ccc(-c2cc3c4ccccc4n4ccc5ccc6c(c3c(c2)n6-c2cccc(-c3nc(-c6ccccc6)nc(-c6ccccc6)n3)c2)c54)cc1.c1ccc(-c2ccc3c4ccc5ccccc5c4n(-c4cccc(-c5nc(-c6ccccc6)nc(-c6ccccc6)n5)c4)c3c2)cc1.c1ccc(-c2nc(-c3ccccc3)nc(-c3ccccc3-n3c4cccc5c4c4c6c(cccc6ccc43)-c3ccccc3-5)n2)cc1. The molecule has 0 radical (unpaired) electrons. The van der Waals surface area contributed by atoms with E-state index < -0.39 is 0 Å². The molecule has 21 aromatic carbocycles. The third kappa shape index (κ3) is 14.4. The van der Waals surface area contributed by atoms with Crippen LogP contribution in [0.15, 0.2) is 504 Å². The van der Waals surface area contributed by atoms with Crippen molar-refractivity contribution in [1.29, 1.82) is 0 Å². The smallest absolute Gasteiger partial charge is 0.166 e. The van der Waals surface area contributed by atoms with Gasteiger partial charge >= 0.3 is 0 Å². The predicted molar refractivity (Wildman–Crippen MR) is 599 cm³/mol. The number of aromatic nitrogens is 13. The number of para-hydroxylation sites is 2. The molecular formula is C133H83N13. The Labute approximate surface area is 839 Å². The van der Waals surface area contributed by atoms with Crippen LogP contribution in [-0.2, 0) is 0 Å². The first-order valence-electron chi connectivity index (χ1n) is 49.2. The molecule has 0 N–H and O–H groups in total. The number of nitrogens with zero attached hydrogens (tertiary/aromatic N) is 13. The highest BCUT2D eigenvalue weighted by atomic mass is 15.1. The molecule has 13 heteroatoms. The summed E-state index contributed by atoms with van der Waals surface area (Å²) in [6.45, 7) is 0. The molecule has 0 fully saturated rings. The molecule has 146 heavy (non-hydrogen) atoms. The standard InChI is InChI=1S/C47H29N5.C43H26N4.C43H28N4/c1-4-13-30(14-5-1)35-28-38-37-21-10-11-22-39(37)51-26-25-31-23-24-40-43(44(31)51)42(38)41(29-35)52(40)36-20-12-19-34(27-36)47-49-45(32-15-6-2-7-16-32)48-46(50-47)33-17-8-3-9-18-33;1-3-13-28(14-4-1)41-44-42(29-15-5-2-6-16-29)46-43(45-41)34-20-9-10-23-35(34)47-36-24-12-22-33-31-19-8-7-18-30(31)32-21-11-17-27-25-26-37(47)40(38(27)32)39(33)36;1-4-13-29(14-5-1)33-24-25-37-38-26-23-30-15-10-11-22-36(30)40(38)47(39(37)28-33)35-21-12-20-34(27-35)43-45-41(31-16-6-2-7-17-31)44-42(46-43)32-18-8-3-9-19-32/h1-29H;1-26H;1-28H. The Hall–Kier alpha value is -19.9. The van der Waals surface area contributed by atoms with Crippen molar-refractivity contribution in [3.63, 3.8) is 0 Å². The van der Waals surface area contributed by atoms with Gasteiger partial charge in [-0.2, -0.15) is 0 Å². The topological polar surface area (TPSA) is 135 Å². The molecule has 8 aromatic heterocycles. The molecule has 0 saturated carbocycles. The Balaban J connectivity index is 0.000000106. The Morgan fingerprint density at radius 1 is 0.144 bits per heavy atom. The van der Waals surface area contributed by atoms with Crippen molar-refractivity contribution in [2.24, 2.45) is 0 Å². The predicted octanol–water partition coefficient (Wildman–Crippen LogP) is 33.2. The van der Waals surface area contributed by atoms with Crippen LogP contribution in [0.3, 0.4) is 0 Å². The van der Waals surface area contributed by atoms with Crippen molar-refractivity contribution in [1.82, 2.24) is 63.0 Å². The van der Waals surface area contributed by atoms with Crippen LogP contribution in [0, 0.1) is 0 Å². The van der Waals surface area contributed by atoms with E-state index in [9.17, 15) is 0 Å². The largest absolute Gasteiger partial charge is 0.315 e. The van der Waals surface area contributed by atoms with Crippen molar-refractivity contribution in [2.45, 2.75) is 0 Å². The Kier molecular flexibility index (Phi) is 20.3. The van der Waals surface area contributed by atoms with E-state index >= 15 is 0 Å². The molecule has 0 aliphatic heterocycles. The fraction of sp³-hybridized carbons (Fsp3) is 0. The summed E-state index contributed by atoms with van der Waals surface area (Å²) in [6, 6.07) is 175. The molecule has 0 spiro atoms. The lowest BCUT2D eigenvalue weighted by Gasteiger charge is -2.16. The van der Waals surface area contributed by atoms with Crippen LogP contribution >= 0.6 is 0 Å². The van der Waals surface area contributed by atoms with Crippen molar-refractivity contribution >= 4 is 114 Å². The van der Waals surface area contributed by atoms with Gasteiger partial charge < -0.3 is 18.1 Å². The Morgan fingerprint density at radius 2 is 0.514 bits per heavy atom. The number of rotatable bonds is 14. The summed E-state index contributed by atoms with van der Waals surface area (Å²) in [5, 5.41) is 16.1. The highest BCUT2D eigenvalue weighted by Gasteiger charge is 2.30. The van der Waals surface area contributed by atoms with Crippen LogP contribution in [0.4, 0.5) is 0 Å². The lowest BCUT2D eigenvalue weighted by atomic mass is 9.93.